The number of nitrogens with zero attached hydrogens (tertiary/aromatic N) is 3. The topological polar surface area (TPSA) is 87.2 Å². The van der Waals surface area contributed by atoms with Crippen molar-refractivity contribution >= 4 is 37.8 Å². The van der Waals surface area contributed by atoms with Crippen LogP contribution in [0.2, 0.25) is 0 Å². The Labute approximate surface area is 220 Å². The van der Waals surface area contributed by atoms with Gasteiger partial charge in [-0.3, -0.25) is 14.5 Å². The zero-order valence-corrected chi connectivity index (χ0v) is 23.2. The Kier molecular flexibility index (Phi) is 7.47. The van der Waals surface area contributed by atoms with Gasteiger partial charge in [0.1, 0.15) is 17.6 Å². The summed E-state index contributed by atoms with van der Waals surface area (Å²) in [4.78, 5) is 29.8. The van der Waals surface area contributed by atoms with Crippen LogP contribution in [0.1, 0.15) is 38.3 Å². The molecule has 192 valence electrons. The number of ether oxygens (including phenoxy) is 1. The number of rotatable bonds is 7. The molecular formula is C26H30BrN3O5S. The van der Waals surface area contributed by atoms with Crippen molar-refractivity contribution in [1.29, 1.82) is 0 Å². The zero-order chi connectivity index (χ0) is 26.2. The van der Waals surface area contributed by atoms with Gasteiger partial charge < -0.3 is 9.64 Å². The van der Waals surface area contributed by atoms with E-state index in [1.807, 2.05) is 32.9 Å². The first-order chi connectivity index (χ1) is 17.1. The normalized spacial score (nSPS) is 18.4. The van der Waals surface area contributed by atoms with E-state index in [2.05, 4.69) is 15.9 Å². The van der Waals surface area contributed by atoms with Crippen molar-refractivity contribution in [3.63, 3.8) is 0 Å². The molecule has 8 nitrogen and oxygen atoms in total. The number of aryl methyl sites for hydroxylation is 1. The smallest absolute Gasteiger partial charge is 0.265 e. The third-order valence-corrected chi connectivity index (χ3v) is 8.92. The van der Waals surface area contributed by atoms with E-state index in [0.717, 1.165) is 10.0 Å². The minimum atomic E-state index is -3.99. The van der Waals surface area contributed by atoms with Crippen molar-refractivity contribution in [3.8, 4) is 5.75 Å². The van der Waals surface area contributed by atoms with Gasteiger partial charge in [0.05, 0.1) is 12.0 Å². The van der Waals surface area contributed by atoms with Crippen LogP contribution in [-0.2, 0) is 32.5 Å². The van der Waals surface area contributed by atoms with E-state index in [9.17, 15) is 18.0 Å². The van der Waals surface area contributed by atoms with Crippen molar-refractivity contribution < 1.29 is 22.7 Å². The second kappa shape index (κ2) is 10.3. The Balaban J connectivity index is 1.80. The molecular weight excluding hydrogens is 546 g/mol. The number of carbonyl (C=O) groups excluding carboxylic acids is 2. The second-order valence-electron chi connectivity index (χ2n) is 9.09. The fraction of sp³-hybridized carbons (Fsp3) is 0.385. The fourth-order valence-corrected chi connectivity index (χ4v) is 6.75. The van der Waals surface area contributed by atoms with Crippen LogP contribution in [0.3, 0.4) is 0 Å². The standard InChI is InChI=1S/C26H30BrN3O5S/c1-5-19-15-20(27)8-11-23(19)36(33,34)29-13-12-25(31)30-22(14-18-6-9-21(35-4)10-7-18)26(32)28(17(2)3)16-24(29)30/h6-11,15-17,22H,5,12-14H2,1-4H3. The molecule has 2 aliphatic heterocycles. The molecule has 2 heterocycles. The summed E-state index contributed by atoms with van der Waals surface area (Å²) < 4.78 is 35.2. The Morgan fingerprint density at radius 2 is 1.81 bits per heavy atom. The molecule has 1 fully saturated rings. The molecule has 0 aliphatic carbocycles. The Morgan fingerprint density at radius 1 is 1.11 bits per heavy atom. The zero-order valence-electron chi connectivity index (χ0n) is 20.8. The summed E-state index contributed by atoms with van der Waals surface area (Å²) in [6.07, 6.45) is 2.28. The predicted molar refractivity (Wildman–Crippen MR) is 139 cm³/mol. The van der Waals surface area contributed by atoms with Gasteiger partial charge in [-0.25, -0.2) is 12.7 Å². The number of methoxy groups -OCH3 is 1. The summed E-state index contributed by atoms with van der Waals surface area (Å²) in [5.74, 6) is 0.387. The SMILES string of the molecule is CCc1cc(Br)ccc1S(=O)(=O)N1CCC(=O)N2C1=CN(C(C)C)C(=O)C2Cc1ccc(OC)cc1. The van der Waals surface area contributed by atoms with Crippen molar-refractivity contribution in [2.24, 2.45) is 0 Å². The van der Waals surface area contributed by atoms with Gasteiger partial charge in [-0.1, -0.05) is 35.0 Å². The number of hydrogen-bond acceptors (Lipinski definition) is 5. The van der Waals surface area contributed by atoms with Crippen LogP contribution >= 0.6 is 15.9 Å². The maximum Gasteiger partial charge on any atom is 0.265 e. The van der Waals surface area contributed by atoms with Gasteiger partial charge in [-0.05, 0) is 61.7 Å². The Bertz CT molecular complexity index is 1310. The van der Waals surface area contributed by atoms with E-state index in [0.29, 0.717) is 17.7 Å². The molecule has 2 aromatic carbocycles. The van der Waals surface area contributed by atoms with Crippen LogP contribution in [0, 0.1) is 0 Å². The van der Waals surface area contributed by atoms with Gasteiger partial charge in [-0.15, -0.1) is 0 Å². The van der Waals surface area contributed by atoms with Crippen molar-refractivity contribution in [1.82, 2.24) is 14.1 Å². The summed E-state index contributed by atoms with van der Waals surface area (Å²) >= 11 is 3.42. The highest BCUT2D eigenvalue weighted by atomic mass is 79.9. The molecule has 10 heteroatoms. The molecule has 1 atom stereocenters. The monoisotopic (exact) mass is 575 g/mol. The quantitative estimate of drug-likeness (QED) is 0.499. The van der Waals surface area contributed by atoms with Crippen LogP contribution in [0.25, 0.3) is 0 Å². The minimum absolute atomic E-state index is 0.0113. The number of amides is 2. The van der Waals surface area contributed by atoms with E-state index >= 15 is 0 Å². The summed E-state index contributed by atoms with van der Waals surface area (Å²) in [6, 6.07) is 11.3. The Hall–Kier alpha value is -2.85. The number of carbonyl (C=O) groups is 2. The molecule has 36 heavy (non-hydrogen) atoms. The Morgan fingerprint density at radius 3 is 2.42 bits per heavy atom. The van der Waals surface area contributed by atoms with Crippen LogP contribution in [0.15, 0.2) is 63.9 Å². The molecule has 2 aromatic rings. The maximum atomic E-state index is 13.9. The maximum absolute atomic E-state index is 13.9. The largest absolute Gasteiger partial charge is 0.497 e. The number of halogens is 1. The molecule has 1 saturated heterocycles. The summed E-state index contributed by atoms with van der Waals surface area (Å²) in [7, 11) is -2.41. The number of sulfonamides is 1. The molecule has 0 bridgehead atoms. The number of hydrogen-bond donors (Lipinski definition) is 0. The number of fused-ring (bicyclic) bond motifs is 1. The van der Waals surface area contributed by atoms with Crippen molar-refractivity contribution in [2.75, 3.05) is 13.7 Å². The van der Waals surface area contributed by atoms with Gasteiger partial charge in [0.2, 0.25) is 11.8 Å². The number of benzene rings is 2. The average molecular weight is 577 g/mol. The molecule has 2 aliphatic rings. The van der Waals surface area contributed by atoms with Crippen molar-refractivity contribution in [3.05, 3.63) is 70.1 Å². The summed E-state index contributed by atoms with van der Waals surface area (Å²) in [5, 5.41) is 0. The van der Waals surface area contributed by atoms with Crippen molar-refractivity contribution in [2.45, 2.75) is 57.0 Å². The first-order valence-corrected chi connectivity index (χ1v) is 14.1. The lowest BCUT2D eigenvalue weighted by Crippen LogP contribution is -2.61. The summed E-state index contributed by atoms with van der Waals surface area (Å²) in [5.41, 5.74) is 1.52. The molecule has 0 radical (unpaired) electrons. The van der Waals surface area contributed by atoms with Crippen LogP contribution in [0.5, 0.6) is 5.75 Å². The van der Waals surface area contributed by atoms with E-state index in [1.54, 1.807) is 37.4 Å². The molecule has 0 aromatic heterocycles. The van der Waals surface area contributed by atoms with Gasteiger partial charge in [0, 0.05) is 36.1 Å². The van der Waals surface area contributed by atoms with Crippen LogP contribution in [0.4, 0.5) is 0 Å². The highest BCUT2D eigenvalue weighted by molar-refractivity contribution is 9.10. The van der Waals surface area contributed by atoms with Gasteiger partial charge in [-0.2, -0.15) is 0 Å². The van der Waals surface area contributed by atoms with Crippen LogP contribution < -0.4 is 4.74 Å². The molecule has 1 unspecified atom stereocenters. The first kappa shape index (κ1) is 26.2. The van der Waals surface area contributed by atoms with Gasteiger partial charge in [0.15, 0.2) is 0 Å². The molecule has 0 N–H and O–H groups in total. The lowest BCUT2D eigenvalue weighted by molar-refractivity contribution is -0.148. The molecule has 4 rings (SSSR count). The first-order valence-electron chi connectivity index (χ1n) is 11.9. The van der Waals surface area contributed by atoms with E-state index < -0.39 is 16.1 Å². The highest BCUT2D eigenvalue weighted by Crippen LogP contribution is 2.35. The lowest BCUT2D eigenvalue weighted by Gasteiger charge is -2.47. The second-order valence-corrected chi connectivity index (χ2v) is 11.8. The molecule has 0 spiro atoms. The van der Waals surface area contributed by atoms with Gasteiger partial charge in [0.25, 0.3) is 10.0 Å². The third kappa shape index (κ3) is 4.76. The average Bonchev–Trinajstić information content (AvgIpc) is 2.85. The van der Waals surface area contributed by atoms with Crippen LogP contribution in [-0.4, -0.2) is 60.1 Å². The lowest BCUT2D eigenvalue weighted by atomic mass is 9.99. The minimum Gasteiger partial charge on any atom is -0.497 e. The van der Waals surface area contributed by atoms with E-state index in [1.165, 1.54) is 20.3 Å². The predicted octanol–water partition coefficient (Wildman–Crippen LogP) is 3.90. The molecule has 2 amide bonds. The highest BCUT2D eigenvalue weighted by Gasteiger charge is 2.46. The van der Waals surface area contributed by atoms with E-state index in [-0.39, 0.29) is 48.0 Å². The fourth-order valence-electron chi connectivity index (χ4n) is 4.62. The molecule has 0 saturated carbocycles. The third-order valence-electron chi connectivity index (χ3n) is 6.52. The van der Waals surface area contributed by atoms with E-state index in [4.69, 9.17) is 4.74 Å². The summed E-state index contributed by atoms with van der Waals surface area (Å²) in [6.45, 7) is 5.64. The van der Waals surface area contributed by atoms with Gasteiger partial charge >= 0.3 is 0 Å².